The molecule has 8 nitrogen and oxygen atoms in total. The van der Waals surface area contributed by atoms with Crippen LogP contribution >= 0.6 is 0 Å². The number of hydrogen-bond acceptors (Lipinski definition) is 5. The van der Waals surface area contributed by atoms with Crippen LogP contribution in [0.2, 0.25) is 0 Å². The van der Waals surface area contributed by atoms with Crippen LogP contribution < -0.4 is 5.32 Å². The molecule has 0 radical (unpaired) electrons. The average molecular weight is 389 g/mol. The Hall–Kier alpha value is -2.90. The van der Waals surface area contributed by atoms with Gasteiger partial charge in [0.05, 0.1) is 12.5 Å². The zero-order valence-electron chi connectivity index (χ0n) is 16.3. The smallest absolute Gasteiger partial charge is 0.312 e. The third-order valence-electron chi connectivity index (χ3n) is 4.60. The van der Waals surface area contributed by atoms with Crippen LogP contribution in [0.15, 0.2) is 30.3 Å². The van der Waals surface area contributed by atoms with Crippen LogP contribution in [0, 0.1) is 5.92 Å². The summed E-state index contributed by atoms with van der Waals surface area (Å²) in [6.07, 6.45) is 0.437. The molecule has 3 amide bonds. The lowest BCUT2D eigenvalue weighted by Crippen LogP contribution is -2.56. The summed E-state index contributed by atoms with van der Waals surface area (Å²) >= 11 is 0. The molecule has 0 saturated carbocycles. The Kier molecular flexibility index (Phi) is 7.98. The first-order chi connectivity index (χ1) is 13.5. The largest absolute Gasteiger partial charge is 0.466 e. The molecule has 0 spiro atoms. The number of hydrogen-bond donors (Lipinski definition) is 1. The second-order valence-corrected chi connectivity index (χ2v) is 6.55. The van der Waals surface area contributed by atoms with Gasteiger partial charge in [-0.2, -0.15) is 0 Å². The van der Waals surface area contributed by atoms with Gasteiger partial charge in [0.25, 0.3) is 0 Å². The molecule has 1 aromatic rings. The monoisotopic (exact) mass is 389 g/mol. The second-order valence-electron chi connectivity index (χ2n) is 6.55. The Morgan fingerprint density at radius 2 is 1.71 bits per heavy atom. The summed E-state index contributed by atoms with van der Waals surface area (Å²) in [6, 6.07) is 9.47. The lowest BCUT2D eigenvalue weighted by Gasteiger charge is -2.32. The summed E-state index contributed by atoms with van der Waals surface area (Å²) in [4.78, 5) is 51.2. The van der Waals surface area contributed by atoms with Crippen LogP contribution in [-0.2, 0) is 30.3 Å². The van der Waals surface area contributed by atoms with E-state index in [9.17, 15) is 19.2 Å². The molecule has 1 aliphatic heterocycles. The molecule has 1 aromatic carbocycles. The van der Waals surface area contributed by atoms with Crippen molar-refractivity contribution < 1.29 is 23.9 Å². The number of carbonyl (C=O) groups excluding carboxylic acids is 4. The molecule has 1 unspecified atom stereocenters. The van der Waals surface area contributed by atoms with E-state index in [1.54, 1.807) is 13.8 Å². The van der Waals surface area contributed by atoms with Crippen LogP contribution in [0.3, 0.4) is 0 Å². The summed E-state index contributed by atoms with van der Waals surface area (Å²) in [6.45, 7) is 4.88. The molecule has 28 heavy (non-hydrogen) atoms. The van der Waals surface area contributed by atoms with Crippen molar-refractivity contribution in [2.75, 3.05) is 39.3 Å². The Bertz CT molecular complexity index is 707. The van der Waals surface area contributed by atoms with Gasteiger partial charge in [-0.15, -0.1) is 0 Å². The number of nitrogens with one attached hydrogen (secondary N) is 1. The molecule has 1 heterocycles. The molecule has 8 heteroatoms. The molecule has 1 atom stereocenters. The van der Waals surface area contributed by atoms with Crippen molar-refractivity contribution in [3.8, 4) is 0 Å². The molecular formula is C20H27N3O5. The Balaban J connectivity index is 1.91. The minimum atomic E-state index is -0.672. The highest BCUT2D eigenvalue weighted by atomic mass is 16.5. The molecule has 0 aromatic heterocycles. The van der Waals surface area contributed by atoms with E-state index in [2.05, 4.69) is 5.32 Å². The maximum atomic E-state index is 12.3. The Morgan fingerprint density at radius 1 is 1.07 bits per heavy atom. The maximum absolute atomic E-state index is 12.3. The van der Waals surface area contributed by atoms with E-state index < -0.39 is 23.6 Å². The van der Waals surface area contributed by atoms with Crippen LogP contribution in [0.5, 0.6) is 0 Å². The van der Waals surface area contributed by atoms with E-state index in [1.165, 1.54) is 9.80 Å². The van der Waals surface area contributed by atoms with Crippen LogP contribution in [0.1, 0.15) is 19.4 Å². The zero-order chi connectivity index (χ0) is 20.5. The first-order valence-electron chi connectivity index (χ1n) is 9.51. The minimum absolute atomic E-state index is 0.101. The lowest BCUT2D eigenvalue weighted by atomic mass is 9.99. The maximum Gasteiger partial charge on any atom is 0.312 e. The van der Waals surface area contributed by atoms with Crippen molar-refractivity contribution in [1.82, 2.24) is 15.1 Å². The van der Waals surface area contributed by atoms with Gasteiger partial charge in [0.15, 0.2) is 0 Å². The van der Waals surface area contributed by atoms with Crippen molar-refractivity contribution >= 4 is 23.7 Å². The van der Waals surface area contributed by atoms with Crippen LogP contribution in [0.25, 0.3) is 0 Å². The van der Waals surface area contributed by atoms with Crippen molar-refractivity contribution in [3.63, 3.8) is 0 Å². The van der Waals surface area contributed by atoms with E-state index in [0.717, 1.165) is 5.56 Å². The van der Waals surface area contributed by atoms with E-state index in [0.29, 0.717) is 26.1 Å². The minimum Gasteiger partial charge on any atom is -0.466 e. The molecule has 1 N–H and O–H groups in total. The number of esters is 1. The van der Waals surface area contributed by atoms with E-state index in [1.807, 2.05) is 30.3 Å². The fourth-order valence-electron chi connectivity index (χ4n) is 3.03. The summed E-state index contributed by atoms with van der Waals surface area (Å²) in [5.41, 5.74) is 0.964. The topological polar surface area (TPSA) is 96.0 Å². The number of benzene rings is 1. The van der Waals surface area contributed by atoms with E-state index in [4.69, 9.17) is 4.74 Å². The summed E-state index contributed by atoms with van der Waals surface area (Å²) in [5, 5.41) is 2.69. The van der Waals surface area contributed by atoms with Crippen molar-refractivity contribution in [2.24, 2.45) is 5.92 Å². The van der Waals surface area contributed by atoms with Gasteiger partial charge in [0, 0.05) is 26.2 Å². The van der Waals surface area contributed by atoms with Crippen molar-refractivity contribution in [2.45, 2.75) is 20.3 Å². The quantitative estimate of drug-likeness (QED) is 0.481. The summed E-state index contributed by atoms with van der Waals surface area (Å²) in [7, 11) is 0. The van der Waals surface area contributed by atoms with Gasteiger partial charge in [-0.3, -0.25) is 19.2 Å². The third-order valence-corrected chi connectivity index (χ3v) is 4.60. The Labute approximate surface area is 164 Å². The SMILES string of the molecule is CCOC(=O)C(CNC(=O)CN1CCN(CC)C(=O)C1=O)Cc1ccccc1. The fourth-order valence-corrected chi connectivity index (χ4v) is 3.03. The predicted molar refractivity (Wildman–Crippen MR) is 102 cm³/mol. The average Bonchev–Trinajstić information content (AvgIpc) is 2.70. The first-order valence-corrected chi connectivity index (χ1v) is 9.51. The van der Waals surface area contributed by atoms with Gasteiger partial charge in [0.1, 0.15) is 6.54 Å². The highest BCUT2D eigenvalue weighted by Crippen LogP contribution is 2.10. The molecular weight excluding hydrogens is 362 g/mol. The van der Waals surface area contributed by atoms with Gasteiger partial charge >= 0.3 is 17.8 Å². The number of ether oxygens (including phenoxy) is 1. The number of nitrogens with zero attached hydrogens (tertiary/aromatic N) is 2. The third kappa shape index (κ3) is 5.80. The fraction of sp³-hybridized carbons (Fsp3) is 0.500. The molecule has 0 bridgehead atoms. The number of likely N-dealkylation sites (N-methyl/N-ethyl adjacent to an activating group) is 1. The van der Waals surface area contributed by atoms with Gasteiger partial charge in [-0.1, -0.05) is 30.3 Å². The van der Waals surface area contributed by atoms with Crippen LogP contribution in [-0.4, -0.2) is 72.8 Å². The first kappa shape index (κ1) is 21.4. The molecule has 1 saturated heterocycles. The van der Waals surface area contributed by atoms with E-state index >= 15 is 0 Å². The van der Waals surface area contributed by atoms with Gasteiger partial charge in [-0.05, 0) is 25.8 Å². The van der Waals surface area contributed by atoms with Crippen LogP contribution in [0.4, 0.5) is 0 Å². The molecule has 0 aliphatic carbocycles. The van der Waals surface area contributed by atoms with Gasteiger partial charge in [-0.25, -0.2) is 0 Å². The Morgan fingerprint density at radius 3 is 2.36 bits per heavy atom. The molecule has 2 rings (SSSR count). The summed E-state index contributed by atoms with van der Waals surface area (Å²) < 4.78 is 5.11. The predicted octanol–water partition coefficient (Wildman–Crippen LogP) is 0.215. The number of piperazine rings is 1. The highest BCUT2D eigenvalue weighted by Gasteiger charge is 2.32. The van der Waals surface area contributed by atoms with Gasteiger partial charge in [0.2, 0.25) is 5.91 Å². The number of carbonyl (C=O) groups is 4. The number of amides is 3. The molecule has 152 valence electrons. The normalized spacial score (nSPS) is 15.4. The lowest BCUT2D eigenvalue weighted by molar-refractivity contribution is -0.156. The number of rotatable bonds is 9. The van der Waals surface area contributed by atoms with E-state index in [-0.39, 0.29) is 25.7 Å². The van der Waals surface area contributed by atoms with Crippen molar-refractivity contribution in [3.05, 3.63) is 35.9 Å². The second kappa shape index (κ2) is 10.4. The van der Waals surface area contributed by atoms with Crippen molar-refractivity contribution in [1.29, 1.82) is 0 Å². The summed E-state index contributed by atoms with van der Waals surface area (Å²) in [5.74, 6) is -2.58. The zero-order valence-corrected chi connectivity index (χ0v) is 16.3. The highest BCUT2D eigenvalue weighted by molar-refractivity contribution is 6.35. The molecule has 1 aliphatic rings. The standard InChI is InChI=1S/C20H27N3O5/c1-3-22-10-11-23(19(26)18(22)25)14-17(24)21-13-16(20(27)28-4-2)12-15-8-6-5-7-9-15/h5-9,16H,3-4,10-14H2,1-2H3,(H,21,24). The van der Waals surface area contributed by atoms with Gasteiger partial charge < -0.3 is 19.9 Å². The molecule has 1 fully saturated rings.